The maximum Gasteiger partial charge on any atom is 0.137 e. The van der Waals surface area contributed by atoms with Gasteiger partial charge in [-0.2, -0.15) is 0 Å². The van der Waals surface area contributed by atoms with Crippen molar-refractivity contribution in [3.63, 3.8) is 0 Å². The molecule has 2 rings (SSSR count). The zero-order valence-electron chi connectivity index (χ0n) is 10.3. The Labute approximate surface area is 102 Å². The zero-order valence-corrected chi connectivity index (χ0v) is 10.3. The predicted molar refractivity (Wildman–Crippen MR) is 66.4 cm³/mol. The Morgan fingerprint density at radius 2 is 2.35 bits per heavy atom. The number of carbonyl (C=O) groups is 1. The summed E-state index contributed by atoms with van der Waals surface area (Å²) in [4.78, 5) is 17.9. The number of rotatable bonds is 3. The molecule has 92 valence electrons. The number of pyridine rings is 1. The fraction of sp³-hybridized carbons (Fsp3) is 0.538. The fourth-order valence-corrected chi connectivity index (χ4v) is 2.20. The maximum absolute atomic E-state index is 11.4. The van der Waals surface area contributed by atoms with E-state index in [0.29, 0.717) is 0 Å². The molecule has 1 aromatic heterocycles. The molecular formula is C13H18N2O2. The van der Waals surface area contributed by atoms with Crippen LogP contribution >= 0.6 is 0 Å². The van der Waals surface area contributed by atoms with Gasteiger partial charge in [0, 0.05) is 19.0 Å². The minimum absolute atomic E-state index is 0.160. The number of ether oxygens (including phenoxy) is 1. The standard InChI is InChI=1S/C13H18N2O2/c1-10(16)11-4-3-7-15(9-11)13-6-5-12(17-2)8-14-13/h5-6,8,11H,3-4,7,9H2,1-2H3. The van der Waals surface area contributed by atoms with Gasteiger partial charge in [-0.1, -0.05) is 0 Å². The van der Waals surface area contributed by atoms with Crippen LogP contribution in [0.25, 0.3) is 0 Å². The SMILES string of the molecule is COc1ccc(N2CCCC(C(C)=O)C2)nc1. The van der Waals surface area contributed by atoms with Gasteiger partial charge in [-0.3, -0.25) is 4.79 Å². The quantitative estimate of drug-likeness (QED) is 0.801. The molecule has 0 bridgehead atoms. The second-order valence-electron chi connectivity index (χ2n) is 4.45. The van der Waals surface area contributed by atoms with Crippen LogP contribution in [-0.2, 0) is 4.79 Å². The van der Waals surface area contributed by atoms with Crippen molar-refractivity contribution in [3.05, 3.63) is 18.3 Å². The van der Waals surface area contributed by atoms with Crippen molar-refractivity contribution in [2.45, 2.75) is 19.8 Å². The van der Waals surface area contributed by atoms with E-state index < -0.39 is 0 Å². The van der Waals surface area contributed by atoms with E-state index in [0.717, 1.165) is 37.5 Å². The molecule has 1 fully saturated rings. The number of carbonyl (C=O) groups excluding carboxylic acids is 1. The molecule has 0 aromatic carbocycles. The van der Waals surface area contributed by atoms with Crippen LogP contribution in [0.5, 0.6) is 5.75 Å². The molecule has 1 saturated heterocycles. The summed E-state index contributed by atoms with van der Waals surface area (Å²) in [5.41, 5.74) is 0. The van der Waals surface area contributed by atoms with E-state index in [1.165, 1.54) is 0 Å². The van der Waals surface area contributed by atoms with Crippen molar-refractivity contribution >= 4 is 11.6 Å². The third kappa shape index (κ3) is 2.75. The number of piperidine rings is 1. The highest BCUT2D eigenvalue weighted by atomic mass is 16.5. The third-order valence-corrected chi connectivity index (χ3v) is 3.28. The van der Waals surface area contributed by atoms with Gasteiger partial charge >= 0.3 is 0 Å². The van der Waals surface area contributed by atoms with Crippen molar-refractivity contribution in [1.82, 2.24) is 4.98 Å². The molecule has 1 aliphatic heterocycles. The van der Waals surface area contributed by atoms with Crippen LogP contribution in [0, 0.1) is 5.92 Å². The van der Waals surface area contributed by atoms with Gasteiger partial charge in [0.25, 0.3) is 0 Å². The minimum atomic E-state index is 0.160. The van der Waals surface area contributed by atoms with Gasteiger partial charge in [-0.05, 0) is 31.9 Å². The third-order valence-electron chi connectivity index (χ3n) is 3.28. The molecule has 1 unspecified atom stereocenters. The number of anilines is 1. The van der Waals surface area contributed by atoms with Gasteiger partial charge in [0.2, 0.25) is 0 Å². The van der Waals surface area contributed by atoms with Crippen LogP contribution in [0.1, 0.15) is 19.8 Å². The first-order valence-electron chi connectivity index (χ1n) is 5.96. The van der Waals surface area contributed by atoms with Crippen molar-refractivity contribution < 1.29 is 9.53 Å². The number of hydrogen-bond donors (Lipinski definition) is 0. The Hall–Kier alpha value is -1.58. The average Bonchev–Trinajstić information content (AvgIpc) is 2.39. The van der Waals surface area contributed by atoms with Crippen molar-refractivity contribution in [2.24, 2.45) is 5.92 Å². The lowest BCUT2D eigenvalue weighted by molar-refractivity contribution is -0.120. The molecule has 0 aliphatic carbocycles. The Morgan fingerprint density at radius 3 is 2.94 bits per heavy atom. The molecule has 0 radical (unpaired) electrons. The van der Waals surface area contributed by atoms with E-state index in [2.05, 4.69) is 9.88 Å². The van der Waals surface area contributed by atoms with Crippen LogP contribution in [0.2, 0.25) is 0 Å². The van der Waals surface area contributed by atoms with Crippen LogP contribution in [0.4, 0.5) is 5.82 Å². The highest BCUT2D eigenvalue weighted by Crippen LogP contribution is 2.23. The molecule has 0 amide bonds. The molecule has 1 aromatic rings. The lowest BCUT2D eigenvalue weighted by Crippen LogP contribution is -2.38. The van der Waals surface area contributed by atoms with Crippen molar-refractivity contribution in [2.75, 3.05) is 25.1 Å². The molecule has 0 saturated carbocycles. The van der Waals surface area contributed by atoms with Crippen LogP contribution < -0.4 is 9.64 Å². The topological polar surface area (TPSA) is 42.4 Å². The van der Waals surface area contributed by atoms with Gasteiger partial charge in [0.1, 0.15) is 17.4 Å². The number of nitrogens with zero attached hydrogens (tertiary/aromatic N) is 2. The number of methoxy groups -OCH3 is 1. The van der Waals surface area contributed by atoms with Crippen LogP contribution in [0.3, 0.4) is 0 Å². The van der Waals surface area contributed by atoms with E-state index in [9.17, 15) is 4.79 Å². The molecule has 17 heavy (non-hydrogen) atoms. The minimum Gasteiger partial charge on any atom is -0.495 e. The smallest absolute Gasteiger partial charge is 0.137 e. The van der Waals surface area contributed by atoms with Crippen molar-refractivity contribution in [3.8, 4) is 5.75 Å². The highest BCUT2D eigenvalue weighted by molar-refractivity contribution is 5.79. The predicted octanol–water partition coefficient (Wildman–Crippen LogP) is 1.90. The summed E-state index contributed by atoms with van der Waals surface area (Å²) >= 11 is 0. The molecule has 2 heterocycles. The van der Waals surface area contributed by atoms with Gasteiger partial charge < -0.3 is 9.64 Å². The maximum atomic E-state index is 11.4. The summed E-state index contributed by atoms with van der Waals surface area (Å²) in [6.07, 6.45) is 3.77. The van der Waals surface area contributed by atoms with Crippen LogP contribution in [-0.4, -0.2) is 31.0 Å². The first-order chi connectivity index (χ1) is 8.20. The van der Waals surface area contributed by atoms with Crippen molar-refractivity contribution in [1.29, 1.82) is 0 Å². The van der Waals surface area contributed by atoms with E-state index >= 15 is 0 Å². The monoisotopic (exact) mass is 234 g/mol. The number of Topliss-reactive ketones (excluding diaryl/α,β-unsaturated/α-hetero) is 1. The summed E-state index contributed by atoms with van der Waals surface area (Å²) in [5, 5.41) is 0. The molecule has 4 heteroatoms. The molecule has 1 aliphatic rings. The molecule has 0 spiro atoms. The summed E-state index contributed by atoms with van der Waals surface area (Å²) in [6, 6.07) is 3.85. The molecule has 0 N–H and O–H groups in total. The Balaban J connectivity index is 2.08. The van der Waals surface area contributed by atoms with Gasteiger partial charge in [0.05, 0.1) is 13.3 Å². The Kier molecular flexibility index (Phi) is 3.61. The number of ketones is 1. The fourth-order valence-electron chi connectivity index (χ4n) is 2.20. The Morgan fingerprint density at radius 1 is 1.53 bits per heavy atom. The van der Waals surface area contributed by atoms with E-state index in [4.69, 9.17) is 4.74 Å². The summed E-state index contributed by atoms with van der Waals surface area (Å²) in [5.74, 6) is 2.13. The Bertz CT molecular complexity index is 389. The second-order valence-corrected chi connectivity index (χ2v) is 4.45. The first-order valence-corrected chi connectivity index (χ1v) is 5.96. The molecule has 4 nitrogen and oxygen atoms in total. The molecule has 1 atom stereocenters. The van der Waals surface area contributed by atoms with Gasteiger partial charge in [0.15, 0.2) is 0 Å². The van der Waals surface area contributed by atoms with Gasteiger partial charge in [-0.15, -0.1) is 0 Å². The summed E-state index contributed by atoms with van der Waals surface area (Å²) in [6.45, 7) is 3.44. The molecular weight excluding hydrogens is 216 g/mol. The lowest BCUT2D eigenvalue weighted by Gasteiger charge is -2.32. The second kappa shape index (κ2) is 5.17. The highest BCUT2D eigenvalue weighted by Gasteiger charge is 2.23. The lowest BCUT2D eigenvalue weighted by atomic mass is 9.95. The normalized spacial score (nSPS) is 20.1. The summed E-state index contributed by atoms with van der Waals surface area (Å²) in [7, 11) is 1.63. The van der Waals surface area contributed by atoms with E-state index in [-0.39, 0.29) is 11.7 Å². The number of hydrogen-bond acceptors (Lipinski definition) is 4. The summed E-state index contributed by atoms with van der Waals surface area (Å²) < 4.78 is 5.08. The van der Waals surface area contributed by atoms with Crippen LogP contribution in [0.15, 0.2) is 18.3 Å². The zero-order chi connectivity index (χ0) is 12.3. The van der Waals surface area contributed by atoms with E-state index in [1.807, 2.05) is 12.1 Å². The number of aromatic nitrogens is 1. The van der Waals surface area contributed by atoms with Gasteiger partial charge in [-0.25, -0.2) is 4.98 Å². The average molecular weight is 234 g/mol. The first kappa shape index (κ1) is 11.9. The van der Waals surface area contributed by atoms with E-state index in [1.54, 1.807) is 20.2 Å². The largest absolute Gasteiger partial charge is 0.495 e.